The van der Waals surface area contributed by atoms with Gasteiger partial charge in [0.1, 0.15) is 16.4 Å². The maximum absolute atomic E-state index is 14.0. The number of nitrogens with zero attached hydrogens (tertiary/aromatic N) is 1. The summed E-state index contributed by atoms with van der Waals surface area (Å²) in [7, 11) is -6.94. The van der Waals surface area contributed by atoms with Gasteiger partial charge in [-0.1, -0.05) is 23.8 Å². The highest BCUT2D eigenvalue weighted by molar-refractivity contribution is 8.32. The Kier molecular flexibility index (Phi) is 10.6. The van der Waals surface area contributed by atoms with Crippen molar-refractivity contribution in [1.29, 1.82) is 0 Å². The molecule has 1 N–H and O–H groups in total. The molecule has 224 valence electrons. The number of benzene rings is 3. The summed E-state index contributed by atoms with van der Waals surface area (Å²) >= 11 is 0. The molecule has 4 rings (SSSR count). The lowest BCUT2D eigenvalue weighted by atomic mass is 10.2. The van der Waals surface area contributed by atoms with Crippen LogP contribution in [0.1, 0.15) is 33.3 Å². The maximum Gasteiger partial charge on any atom is 0.422 e. The second-order valence-corrected chi connectivity index (χ2v) is 13.9. The Morgan fingerprint density at radius 2 is 1.17 bits per heavy atom. The minimum absolute atomic E-state index is 0.108. The van der Waals surface area contributed by atoms with Crippen LogP contribution in [0.25, 0.3) is 0 Å². The van der Waals surface area contributed by atoms with Gasteiger partial charge in [-0.3, -0.25) is 3.63 Å². The van der Waals surface area contributed by atoms with Gasteiger partial charge in [0.05, 0.1) is 20.1 Å². The molecule has 0 aliphatic heterocycles. The molecule has 0 spiro atoms. The molecular weight excluding hydrogens is 574 g/mol. The third-order valence-electron chi connectivity index (χ3n) is 6.21. The standard InChI is InChI=1S/C32H37NO7S2/c1-6-36-25(4)38-27-13-19-29(20-14-27)41(32-10-8-9-23-33-32,40-42(34,35)31-17-11-24(3)12-18-31)30-21-15-28(16-22-30)39-26(5)37-7-2/h8-23,25-26H,6-7H2,1-5H3/p+1. The van der Waals surface area contributed by atoms with Crippen LogP contribution < -0.4 is 9.47 Å². The Bertz CT molecular complexity index is 1450. The van der Waals surface area contributed by atoms with Crippen LogP contribution in [0.5, 0.6) is 11.5 Å². The molecular formula is C32H38NO7S2+. The molecule has 1 heterocycles. The van der Waals surface area contributed by atoms with Gasteiger partial charge in [0.25, 0.3) is 0 Å². The fourth-order valence-electron chi connectivity index (χ4n) is 4.28. The van der Waals surface area contributed by atoms with Crippen molar-refractivity contribution in [3.8, 4) is 11.5 Å². The van der Waals surface area contributed by atoms with Gasteiger partial charge in [0.2, 0.25) is 0 Å². The SMILES string of the molecule is CCOC(C)Oc1ccc(S([OH+]S(=O)(=O)c2ccc(C)cc2)(c2ccc(OC(C)OCC)cc2)c2ccccn2)cc1. The van der Waals surface area contributed by atoms with E-state index < -0.39 is 33.0 Å². The van der Waals surface area contributed by atoms with E-state index >= 15 is 0 Å². The third-order valence-corrected chi connectivity index (χ3v) is 11.5. The molecule has 10 heteroatoms. The van der Waals surface area contributed by atoms with E-state index in [0.29, 0.717) is 39.5 Å². The van der Waals surface area contributed by atoms with Crippen LogP contribution in [0, 0.1) is 6.92 Å². The Labute approximate surface area is 250 Å². The zero-order valence-electron chi connectivity index (χ0n) is 24.5. The average molecular weight is 613 g/mol. The van der Waals surface area contributed by atoms with Crippen molar-refractivity contribution in [2.75, 3.05) is 13.2 Å². The predicted octanol–water partition coefficient (Wildman–Crippen LogP) is 7.59. The lowest BCUT2D eigenvalue weighted by molar-refractivity contribution is -0.0616. The van der Waals surface area contributed by atoms with E-state index in [4.69, 9.17) is 22.6 Å². The van der Waals surface area contributed by atoms with Crippen molar-refractivity contribution < 1.29 is 31.0 Å². The summed E-state index contributed by atoms with van der Waals surface area (Å²) in [4.78, 5) is 6.11. The van der Waals surface area contributed by atoms with Gasteiger partial charge in [-0.05, 0) is 107 Å². The number of rotatable bonds is 14. The lowest BCUT2D eigenvalue weighted by Crippen LogP contribution is -2.20. The van der Waals surface area contributed by atoms with Crippen LogP contribution in [-0.2, 0) is 19.6 Å². The summed E-state index contributed by atoms with van der Waals surface area (Å²) < 4.78 is 55.5. The van der Waals surface area contributed by atoms with Crippen LogP contribution in [-0.4, -0.2) is 42.8 Å². The van der Waals surface area contributed by atoms with Crippen molar-refractivity contribution in [2.45, 2.75) is 66.9 Å². The number of ether oxygens (including phenoxy) is 4. The molecule has 0 fully saturated rings. The van der Waals surface area contributed by atoms with Gasteiger partial charge < -0.3 is 18.9 Å². The van der Waals surface area contributed by atoms with E-state index in [0.717, 1.165) is 5.56 Å². The summed E-state index contributed by atoms with van der Waals surface area (Å²) in [6.45, 7) is 10.4. The zero-order valence-corrected chi connectivity index (χ0v) is 26.1. The molecule has 0 saturated carbocycles. The molecule has 1 aromatic heterocycles. The highest BCUT2D eigenvalue weighted by atomic mass is 32.3. The van der Waals surface area contributed by atoms with Crippen LogP contribution in [0.2, 0.25) is 0 Å². The second kappa shape index (κ2) is 14.2. The second-order valence-electron chi connectivity index (χ2n) is 9.34. The monoisotopic (exact) mass is 612 g/mol. The Morgan fingerprint density at radius 1 is 0.690 bits per heavy atom. The van der Waals surface area contributed by atoms with Crippen molar-refractivity contribution in [3.63, 3.8) is 0 Å². The summed E-state index contributed by atoms with van der Waals surface area (Å²) in [6.07, 6.45) is 0.770. The van der Waals surface area contributed by atoms with E-state index in [2.05, 4.69) is 4.98 Å². The fraction of sp³-hybridized carbons (Fsp3) is 0.281. The van der Waals surface area contributed by atoms with E-state index in [1.807, 2.05) is 71.0 Å². The third kappa shape index (κ3) is 7.50. The molecule has 0 aliphatic carbocycles. The molecule has 0 aliphatic rings. The van der Waals surface area contributed by atoms with Crippen molar-refractivity contribution in [1.82, 2.24) is 4.98 Å². The average Bonchev–Trinajstić information content (AvgIpc) is 2.98. The molecule has 2 atom stereocenters. The minimum Gasteiger partial charge on any atom is -0.465 e. The van der Waals surface area contributed by atoms with Gasteiger partial charge in [0, 0.05) is 19.4 Å². The first-order chi connectivity index (χ1) is 20.2. The number of aryl methyl sites for hydroxylation is 1. The quantitative estimate of drug-likeness (QED) is 0.0822. The number of aromatic nitrogens is 1. The van der Waals surface area contributed by atoms with E-state index in [1.165, 1.54) is 0 Å². The first kappa shape index (κ1) is 31.5. The maximum atomic E-state index is 14.0. The smallest absolute Gasteiger partial charge is 0.422 e. The van der Waals surface area contributed by atoms with Crippen molar-refractivity contribution in [3.05, 3.63) is 103 Å². The fourth-order valence-corrected chi connectivity index (χ4v) is 9.57. The molecule has 0 bridgehead atoms. The normalized spacial score (nSPS) is 15.3. The zero-order chi connectivity index (χ0) is 30.2. The van der Waals surface area contributed by atoms with Crippen LogP contribution in [0.4, 0.5) is 0 Å². The van der Waals surface area contributed by atoms with Gasteiger partial charge in [-0.15, -0.1) is 8.42 Å². The van der Waals surface area contributed by atoms with Gasteiger partial charge in [0.15, 0.2) is 17.6 Å². The Hall–Kier alpha value is -3.41. The molecule has 4 aromatic rings. The highest BCUT2D eigenvalue weighted by Gasteiger charge is 2.44. The molecule has 0 saturated heterocycles. The number of hydrogen-bond acceptors (Lipinski definition) is 7. The molecule has 0 radical (unpaired) electrons. The summed E-state index contributed by atoms with van der Waals surface area (Å²) in [5, 5.41) is 0.522. The summed E-state index contributed by atoms with van der Waals surface area (Å²) in [5.41, 5.74) is 0.950. The molecule has 2 unspecified atom stereocenters. The predicted molar refractivity (Wildman–Crippen MR) is 164 cm³/mol. The van der Waals surface area contributed by atoms with Crippen LogP contribution in [0.15, 0.2) is 117 Å². The lowest BCUT2D eigenvalue weighted by Gasteiger charge is -2.34. The summed E-state index contributed by atoms with van der Waals surface area (Å²) in [5.74, 6) is 1.17. The minimum atomic E-state index is -4.13. The number of hydrogen-bond donors (Lipinski definition) is 0. The van der Waals surface area contributed by atoms with Crippen molar-refractivity contribution >= 4 is 20.4 Å². The highest BCUT2D eigenvalue weighted by Crippen LogP contribution is 2.68. The topological polar surface area (TPSA) is 96.8 Å². The van der Waals surface area contributed by atoms with Crippen molar-refractivity contribution in [2.24, 2.45) is 0 Å². The van der Waals surface area contributed by atoms with Gasteiger partial charge in [-0.25, -0.2) is 4.98 Å². The molecule has 8 nitrogen and oxygen atoms in total. The van der Waals surface area contributed by atoms with E-state index in [-0.39, 0.29) is 4.90 Å². The van der Waals surface area contributed by atoms with Gasteiger partial charge in [-0.2, -0.15) is 0 Å². The molecule has 0 amide bonds. The Balaban J connectivity index is 1.88. The van der Waals surface area contributed by atoms with E-state index in [1.54, 1.807) is 60.8 Å². The van der Waals surface area contributed by atoms with Crippen LogP contribution >= 0.6 is 10.3 Å². The summed E-state index contributed by atoms with van der Waals surface area (Å²) in [6, 6.07) is 26.7. The van der Waals surface area contributed by atoms with E-state index in [9.17, 15) is 8.42 Å². The Morgan fingerprint density at radius 3 is 1.60 bits per heavy atom. The van der Waals surface area contributed by atoms with Crippen LogP contribution in [0.3, 0.4) is 0 Å². The first-order valence-corrected chi connectivity index (χ1v) is 16.8. The number of pyridine rings is 1. The largest absolute Gasteiger partial charge is 0.465 e. The molecule has 3 aromatic carbocycles. The van der Waals surface area contributed by atoms with Gasteiger partial charge >= 0.3 is 10.1 Å². The first-order valence-electron chi connectivity index (χ1n) is 13.7. The molecule has 42 heavy (non-hydrogen) atoms.